The summed E-state index contributed by atoms with van der Waals surface area (Å²) in [6, 6.07) is 0. The third-order valence-electron chi connectivity index (χ3n) is 2.32. The van der Waals surface area contributed by atoms with Crippen molar-refractivity contribution in [2.24, 2.45) is 5.73 Å². The van der Waals surface area contributed by atoms with Gasteiger partial charge in [0, 0.05) is 6.61 Å². The van der Waals surface area contributed by atoms with Gasteiger partial charge >= 0.3 is 0 Å². The second kappa shape index (κ2) is 12.9. The van der Waals surface area contributed by atoms with Crippen LogP contribution in [0, 0.1) is 0 Å². The summed E-state index contributed by atoms with van der Waals surface area (Å²) in [5.41, 5.74) is 5.40. The van der Waals surface area contributed by atoms with Crippen LogP contribution in [0.25, 0.3) is 0 Å². The van der Waals surface area contributed by atoms with E-state index in [0.29, 0.717) is 6.61 Å². The first-order valence-corrected chi connectivity index (χ1v) is 5.93. The van der Waals surface area contributed by atoms with Crippen molar-refractivity contribution in [1.29, 1.82) is 0 Å². The highest BCUT2D eigenvalue weighted by Gasteiger charge is 1.90. The van der Waals surface area contributed by atoms with Gasteiger partial charge in [0.05, 0.1) is 0 Å². The van der Waals surface area contributed by atoms with Gasteiger partial charge in [0.2, 0.25) is 0 Å². The average molecular weight is 202 g/mol. The fraction of sp³-hybridized carbons (Fsp3) is 1.00. The summed E-state index contributed by atoms with van der Waals surface area (Å²) in [7, 11) is 0. The molecule has 0 aliphatic rings. The van der Waals surface area contributed by atoms with Crippen LogP contribution in [-0.4, -0.2) is 31.3 Å². The van der Waals surface area contributed by atoms with Crippen LogP contribution in [0.2, 0.25) is 0 Å². The average Bonchev–Trinajstić information content (AvgIpc) is 2.21. The number of nitrogens with two attached hydrogens (primary N) is 1. The first kappa shape index (κ1) is 13.9. The molecule has 14 heavy (non-hydrogen) atoms. The van der Waals surface area contributed by atoms with Crippen LogP contribution in [0.4, 0.5) is 0 Å². The van der Waals surface area contributed by atoms with Crippen LogP contribution < -0.4 is 11.1 Å². The number of hydrogen-bond acceptors (Lipinski definition) is 3. The van der Waals surface area contributed by atoms with E-state index < -0.39 is 0 Å². The van der Waals surface area contributed by atoms with Crippen molar-refractivity contribution in [2.75, 3.05) is 26.2 Å². The van der Waals surface area contributed by atoms with E-state index in [2.05, 4.69) is 5.32 Å². The molecular formula is C11H26N2O. The molecule has 0 aliphatic carbocycles. The molecule has 86 valence electrons. The summed E-state index contributed by atoms with van der Waals surface area (Å²) in [5.74, 6) is 0. The Morgan fingerprint density at radius 2 is 1.36 bits per heavy atom. The van der Waals surface area contributed by atoms with Crippen LogP contribution in [0.15, 0.2) is 0 Å². The second-order valence-corrected chi connectivity index (χ2v) is 3.74. The van der Waals surface area contributed by atoms with E-state index in [9.17, 15) is 0 Å². The first-order valence-electron chi connectivity index (χ1n) is 5.93. The summed E-state index contributed by atoms with van der Waals surface area (Å²) in [4.78, 5) is 0. The molecule has 0 rings (SSSR count). The quantitative estimate of drug-likeness (QED) is 0.442. The van der Waals surface area contributed by atoms with E-state index in [1.54, 1.807) is 0 Å². The maximum Gasteiger partial charge on any atom is 0.0431 e. The molecule has 0 atom stereocenters. The predicted molar refractivity (Wildman–Crippen MR) is 61.3 cm³/mol. The fourth-order valence-corrected chi connectivity index (χ4v) is 1.41. The minimum Gasteiger partial charge on any atom is -0.396 e. The number of unbranched alkanes of at least 4 members (excludes halogenated alkanes) is 5. The molecule has 0 unspecified atom stereocenters. The molecule has 0 aromatic heterocycles. The molecule has 0 radical (unpaired) electrons. The summed E-state index contributed by atoms with van der Waals surface area (Å²) in [6.07, 6.45) is 8.25. The summed E-state index contributed by atoms with van der Waals surface area (Å²) < 4.78 is 0. The molecule has 0 spiro atoms. The Labute approximate surface area is 88.1 Å². The maximum atomic E-state index is 8.56. The number of nitrogens with one attached hydrogen (secondary N) is 1. The predicted octanol–water partition coefficient (Wildman–Crippen LogP) is 1.26. The van der Waals surface area contributed by atoms with Gasteiger partial charge in [-0.25, -0.2) is 0 Å². The third-order valence-corrected chi connectivity index (χ3v) is 2.32. The van der Waals surface area contributed by atoms with Crippen molar-refractivity contribution in [3.8, 4) is 0 Å². The van der Waals surface area contributed by atoms with Gasteiger partial charge in [0.25, 0.3) is 0 Å². The summed E-state index contributed by atoms with van der Waals surface area (Å²) >= 11 is 0. The molecule has 0 fully saturated rings. The number of aliphatic hydroxyl groups excluding tert-OH is 1. The van der Waals surface area contributed by atoms with Crippen LogP contribution in [-0.2, 0) is 0 Å². The molecule has 3 nitrogen and oxygen atoms in total. The van der Waals surface area contributed by atoms with Gasteiger partial charge in [0.15, 0.2) is 0 Å². The van der Waals surface area contributed by atoms with Gasteiger partial charge in [-0.2, -0.15) is 0 Å². The van der Waals surface area contributed by atoms with Crippen LogP contribution in [0.1, 0.15) is 44.9 Å². The molecule has 0 bridgehead atoms. The van der Waals surface area contributed by atoms with Crippen molar-refractivity contribution in [2.45, 2.75) is 44.9 Å². The maximum absolute atomic E-state index is 8.56. The van der Waals surface area contributed by atoms with Crippen molar-refractivity contribution < 1.29 is 5.11 Å². The Morgan fingerprint density at radius 1 is 0.786 bits per heavy atom. The third kappa shape index (κ3) is 11.9. The summed E-state index contributed by atoms with van der Waals surface area (Å²) in [5, 5.41) is 12.0. The molecular weight excluding hydrogens is 176 g/mol. The molecule has 0 aromatic rings. The van der Waals surface area contributed by atoms with Gasteiger partial charge in [-0.05, 0) is 51.7 Å². The highest BCUT2D eigenvalue weighted by atomic mass is 16.2. The standard InChI is InChI=1S/C11H26N2O/c12-8-4-1-2-5-9-13-10-6-3-7-11-14/h13-14H,1-12H2. The molecule has 0 aliphatic heterocycles. The van der Waals surface area contributed by atoms with Crippen molar-refractivity contribution >= 4 is 0 Å². The Bertz CT molecular complexity index is 87.3. The number of rotatable bonds is 11. The van der Waals surface area contributed by atoms with Crippen molar-refractivity contribution in [3.05, 3.63) is 0 Å². The zero-order valence-corrected chi connectivity index (χ0v) is 9.30. The Hall–Kier alpha value is -0.120. The molecule has 0 amide bonds. The Balaban J connectivity index is 2.78. The van der Waals surface area contributed by atoms with E-state index in [0.717, 1.165) is 38.9 Å². The molecule has 0 saturated carbocycles. The molecule has 0 saturated heterocycles. The van der Waals surface area contributed by atoms with Crippen molar-refractivity contribution in [1.82, 2.24) is 5.32 Å². The second-order valence-electron chi connectivity index (χ2n) is 3.74. The van der Waals surface area contributed by atoms with Gasteiger partial charge in [0.1, 0.15) is 0 Å². The fourth-order valence-electron chi connectivity index (χ4n) is 1.41. The van der Waals surface area contributed by atoms with E-state index >= 15 is 0 Å². The normalized spacial score (nSPS) is 10.7. The molecule has 0 aromatic carbocycles. The van der Waals surface area contributed by atoms with Gasteiger partial charge in [-0.1, -0.05) is 12.8 Å². The largest absolute Gasteiger partial charge is 0.396 e. The van der Waals surface area contributed by atoms with E-state index in [-0.39, 0.29) is 0 Å². The van der Waals surface area contributed by atoms with Gasteiger partial charge in [-0.3, -0.25) is 0 Å². The first-order chi connectivity index (χ1) is 6.91. The lowest BCUT2D eigenvalue weighted by Crippen LogP contribution is -2.16. The van der Waals surface area contributed by atoms with Crippen LogP contribution in [0.5, 0.6) is 0 Å². The van der Waals surface area contributed by atoms with Crippen LogP contribution >= 0.6 is 0 Å². The smallest absolute Gasteiger partial charge is 0.0431 e. The highest BCUT2D eigenvalue weighted by molar-refractivity contribution is 4.50. The minimum absolute atomic E-state index is 0.332. The SMILES string of the molecule is NCCCCCCNCCCCCO. The lowest BCUT2D eigenvalue weighted by Gasteiger charge is -2.03. The van der Waals surface area contributed by atoms with Gasteiger partial charge < -0.3 is 16.2 Å². The minimum atomic E-state index is 0.332. The van der Waals surface area contributed by atoms with E-state index in [4.69, 9.17) is 10.8 Å². The highest BCUT2D eigenvalue weighted by Crippen LogP contribution is 1.97. The van der Waals surface area contributed by atoms with E-state index in [1.165, 1.54) is 25.7 Å². The van der Waals surface area contributed by atoms with Crippen LogP contribution in [0.3, 0.4) is 0 Å². The Morgan fingerprint density at radius 3 is 1.93 bits per heavy atom. The lowest BCUT2D eigenvalue weighted by molar-refractivity contribution is 0.283. The number of hydrogen-bond donors (Lipinski definition) is 3. The topological polar surface area (TPSA) is 58.3 Å². The zero-order valence-electron chi connectivity index (χ0n) is 9.30. The van der Waals surface area contributed by atoms with Crippen molar-refractivity contribution in [3.63, 3.8) is 0 Å². The number of aliphatic hydroxyl groups is 1. The zero-order chi connectivity index (χ0) is 10.5. The van der Waals surface area contributed by atoms with E-state index in [1.807, 2.05) is 0 Å². The Kier molecular flexibility index (Phi) is 12.8. The molecule has 3 heteroatoms. The lowest BCUT2D eigenvalue weighted by atomic mass is 10.2. The molecule has 4 N–H and O–H groups in total. The van der Waals surface area contributed by atoms with Gasteiger partial charge in [-0.15, -0.1) is 0 Å². The monoisotopic (exact) mass is 202 g/mol. The molecule has 0 heterocycles. The summed E-state index contributed by atoms with van der Waals surface area (Å²) in [6.45, 7) is 3.38.